The SMILES string of the molecule is C=CC(=O)OCCCC#Cc1ccc(C(F)(F)Oc2ccccc2C)cc1. The number of hydrogen-bond acceptors (Lipinski definition) is 3. The zero-order valence-corrected chi connectivity index (χ0v) is 15.0. The van der Waals surface area contributed by atoms with Crippen LogP contribution in [0.5, 0.6) is 5.75 Å². The molecule has 0 radical (unpaired) electrons. The molecule has 0 aliphatic rings. The second-order valence-electron chi connectivity index (χ2n) is 5.74. The van der Waals surface area contributed by atoms with Crippen molar-refractivity contribution in [2.75, 3.05) is 6.61 Å². The maximum Gasteiger partial charge on any atom is 0.426 e. The number of carbonyl (C=O) groups is 1. The lowest BCUT2D eigenvalue weighted by Gasteiger charge is -2.19. The van der Waals surface area contributed by atoms with Gasteiger partial charge in [-0.3, -0.25) is 0 Å². The first-order chi connectivity index (χ1) is 12.9. The van der Waals surface area contributed by atoms with Gasteiger partial charge in [-0.1, -0.05) is 36.6 Å². The van der Waals surface area contributed by atoms with E-state index in [1.807, 2.05) is 0 Å². The molecule has 5 heteroatoms. The molecule has 0 fully saturated rings. The van der Waals surface area contributed by atoms with E-state index in [0.717, 1.165) is 6.08 Å². The molecule has 0 atom stereocenters. The minimum atomic E-state index is -3.44. The summed E-state index contributed by atoms with van der Waals surface area (Å²) in [4.78, 5) is 10.9. The maximum atomic E-state index is 14.3. The Balaban J connectivity index is 1.92. The van der Waals surface area contributed by atoms with Gasteiger partial charge in [0.05, 0.1) is 12.2 Å². The molecule has 0 heterocycles. The van der Waals surface area contributed by atoms with E-state index in [-0.39, 0.29) is 17.9 Å². The minimum absolute atomic E-state index is 0.142. The molecule has 0 aliphatic carbocycles. The lowest BCUT2D eigenvalue weighted by Crippen LogP contribution is -2.22. The number of rotatable bonds is 7. The van der Waals surface area contributed by atoms with Gasteiger partial charge in [-0.05, 0) is 49.2 Å². The van der Waals surface area contributed by atoms with E-state index in [1.165, 1.54) is 30.3 Å². The number of ether oxygens (including phenoxy) is 2. The Morgan fingerprint density at radius 3 is 2.56 bits per heavy atom. The molecule has 0 aliphatic heterocycles. The van der Waals surface area contributed by atoms with Crippen LogP contribution in [-0.2, 0) is 15.6 Å². The van der Waals surface area contributed by atoms with Crippen LogP contribution in [0.2, 0.25) is 0 Å². The Hall–Kier alpha value is -3.13. The van der Waals surface area contributed by atoms with Crippen LogP contribution >= 0.6 is 0 Å². The third kappa shape index (κ3) is 6.27. The average Bonchev–Trinajstić information content (AvgIpc) is 2.66. The van der Waals surface area contributed by atoms with E-state index in [4.69, 9.17) is 9.47 Å². The van der Waals surface area contributed by atoms with E-state index in [2.05, 4.69) is 18.4 Å². The van der Waals surface area contributed by atoms with Gasteiger partial charge in [-0.2, -0.15) is 8.78 Å². The topological polar surface area (TPSA) is 35.5 Å². The number of para-hydroxylation sites is 1. The number of aryl methyl sites for hydroxylation is 1. The van der Waals surface area contributed by atoms with Crippen molar-refractivity contribution in [3.05, 3.63) is 77.9 Å². The van der Waals surface area contributed by atoms with Crippen LogP contribution in [0, 0.1) is 18.8 Å². The summed E-state index contributed by atoms with van der Waals surface area (Å²) in [6.07, 6.45) is -1.22. The van der Waals surface area contributed by atoms with Crippen LogP contribution in [0.3, 0.4) is 0 Å². The molecule has 0 saturated carbocycles. The number of carbonyl (C=O) groups excluding carboxylic acids is 1. The van der Waals surface area contributed by atoms with Crippen molar-refractivity contribution in [3.8, 4) is 17.6 Å². The molecule has 0 bridgehead atoms. The zero-order valence-electron chi connectivity index (χ0n) is 15.0. The van der Waals surface area contributed by atoms with Crippen molar-refractivity contribution in [1.82, 2.24) is 0 Å². The van der Waals surface area contributed by atoms with Gasteiger partial charge in [0.2, 0.25) is 0 Å². The van der Waals surface area contributed by atoms with Crippen molar-refractivity contribution in [1.29, 1.82) is 0 Å². The highest BCUT2D eigenvalue weighted by molar-refractivity contribution is 5.81. The van der Waals surface area contributed by atoms with Crippen molar-refractivity contribution >= 4 is 5.97 Å². The summed E-state index contributed by atoms with van der Waals surface area (Å²) < 4.78 is 38.4. The fraction of sp³-hybridized carbons (Fsp3) is 0.227. The molecular formula is C22H20F2O3. The van der Waals surface area contributed by atoms with Crippen LogP contribution in [0.15, 0.2) is 61.2 Å². The van der Waals surface area contributed by atoms with E-state index in [9.17, 15) is 13.6 Å². The Labute approximate surface area is 157 Å². The summed E-state index contributed by atoms with van der Waals surface area (Å²) in [7, 11) is 0. The van der Waals surface area contributed by atoms with E-state index >= 15 is 0 Å². The van der Waals surface area contributed by atoms with Gasteiger partial charge in [0, 0.05) is 18.1 Å². The van der Waals surface area contributed by atoms with E-state index < -0.39 is 12.1 Å². The highest BCUT2D eigenvalue weighted by Crippen LogP contribution is 2.32. The predicted octanol–water partition coefficient (Wildman–Crippen LogP) is 4.98. The number of unbranched alkanes of at least 4 members (excludes halogenated alkanes) is 1. The molecule has 0 saturated heterocycles. The normalized spacial score (nSPS) is 10.5. The standard InChI is InChI=1S/C22H20F2O3/c1-3-21(25)26-16-8-4-5-10-18-12-14-19(15-13-18)22(23,24)27-20-11-7-6-9-17(20)2/h3,6-7,9,11-15H,1,4,8,16H2,2H3. The molecule has 0 spiro atoms. The monoisotopic (exact) mass is 370 g/mol. The average molecular weight is 370 g/mol. The summed E-state index contributed by atoms with van der Waals surface area (Å²) in [5, 5.41) is 0. The molecule has 0 N–H and O–H groups in total. The van der Waals surface area contributed by atoms with Gasteiger partial charge >= 0.3 is 12.1 Å². The first-order valence-electron chi connectivity index (χ1n) is 8.43. The molecule has 2 aromatic carbocycles. The number of alkyl halides is 2. The van der Waals surface area contributed by atoms with Crippen LogP contribution in [0.1, 0.15) is 29.5 Å². The van der Waals surface area contributed by atoms with Crippen molar-refractivity contribution in [3.63, 3.8) is 0 Å². The number of hydrogen-bond donors (Lipinski definition) is 0. The minimum Gasteiger partial charge on any atom is -0.463 e. The Kier molecular flexibility index (Phi) is 7.13. The zero-order chi connectivity index (χ0) is 19.7. The number of benzene rings is 2. The Morgan fingerprint density at radius 2 is 1.89 bits per heavy atom. The first kappa shape index (κ1) is 20.2. The summed E-state index contributed by atoms with van der Waals surface area (Å²) in [6, 6.07) is 12.3. The van der Waals surface area contributed by atoms with Gasteiger partial charge in [0.15, 0.2) is 0 Å². The van der Waals surface area contributed by atoms with Crippen molar-refractivity contribution < 1.29 is 23.0 Å². The molecule has 2 aromatic rings. The number of halogens is 2. The van der Waals surface area contributed by atoms with E-state index in [0.29, 0.717) is 24.0 Å². The summed E-state index contributed by atoms with van der Waals surface area (Å²) >= 11 is 0. The van der Waals surface area contributed by atoms with Crippen LogP contribution in [0.4, 0.5) is 8.78 Å². The van der Waals surface area contributed by atoms with Gasteiger partial charge in [-0.15, -0.1) is 0 Å². The van der Waals surface area contributed by atoms with Crippen LogP contribution in [0.25, 0.3) is 0 Å². The maximum absolute atomic E-state index is 14.3. The Morgan fingerprint density at radius 1 is 1.19 bits per heavy atom. The molecule has 140 valence electrons. The lowest BCUT2D eigenvalue weighted by molar-refractivity contribution is -0.185. The summed E-state index contributed by atoms with van der Waals surface area (Å²) in [5.74, 6) is 5.48. The molecule has 27 heavy (non-hydrogen) atoms. The fourth-order valence-corrected chi connectivity index (χ4v) is 2.17. The van der Waals surface area contributed by atoms with Gasteiger partial charge in [-0.25, -0.2) is 4.79 Å². The molecule has 3 nitrogen and oxygen atoms in total. The van der Waals surface area contributed by atoms with Crippen molar-refractivity contribution in [2.24, 2.45) is 0 Å². The number of esters is 1. The molecular weight excluding hydrogens is 350 g/mol. The highest BCUT2D eigenvalue weighted by atomic mass is 19.3. The van der Waals surface area contributed by atoms with Gasteiger partial charge in [0.25, 0.3) is 0 Å². The molecule has 0 unspecified atom stereocenters. The largest absolute Gasteiger partial charge is 0.463 e. The summed E-state index contributed by atoms with van der Waals surface area (Å²) in [6.45, 7) is 5.28. The second-order valence-corrected chi connectivity index (χ2v) is 5.74. The molecule has 0 amide bonds. The van der Waals surface area contributed by atoms with Crippen LogP contribution < -0.4 is 4.74 Å². The molecule has 2 rings (SSSR count). The second kappa shape index (κ2) is 9.54. The summed E-state index contributed by atoms with van der Waals surface area (Å²) in [5.41, 5.74) is 1.01. The van der Waals surface area contributed by atoms with Crippen LogP contribution in [-0.4, -0.2) is 12.6 Å². The molecule has 0 aromatic heterocycles. The third-order valence-electron chi connectivity index (χ3n) is 3.64. The smallest absolute Gasteiger partial charge is 0.426 e. The third-order valence-corrected chi connectivity index (χ3v) is 3.64. The van der Waals surface area contributed by atoms with Gasteiger partial charge in [0.1, 0.15) is 5.75 Å². The Bertz CT molecular complexity index is 846. The quantitative estimate of drug-likeness (QED) is 0.298. The predicted molar refractivity (Wildman–Crippen MR) is 99.4 cm³/mol. The fourth-order valence-electron chi connectivity index (χ4n) is 2.17. The lowest BCUT2D eigenvalue weighted by atomic mass is 10.1. The van der Waals surface area contributed by atoms with Crippen molar-refractivity contribution in [2.45, 2.75) is 25.9 Å². The first-order valence-corrected chi connectivity index (χ1v) is 8.43. The van der Waals surface area contributed by atoms with E-state index in [1.54, 1.807) is 25.1 Å². The van der Waals surface area contributed by atoms with Gasteiger partial charge < -0.3 is 9.47 Å². The highest BCUT2D eigenvalue weighted by Gasteiger charge is 2.34.